The van der Waals surface area contributed by atoms with Crippen molar-refractivity contribution in [2.24, 2.45) is 0 Å². The van der Waals surface area contributed by atoms with Crippen LogP contribution in [0.4, 0.5) is 0 Å². The maximum atomic E-state index is 8.92. The van der Waals surface area contributed by atoms with E-state index in [1.807, 2.05) is 18.2 Å². The van der Waals surface area contributed by atoms with Gasteiger partial charge in [-0.3, -0.25) is 0 Å². The van der Waals surface area contributed by atoms with E-state index in [0.717, 1.165) is 40.8 Å². The molecule has 0 atom stereocenters. The molecule has 1 aliphatic heterocycles. The summed E-state index contributed by atoms with van der Waals surface area (Å²) in [6.07, 6.45) is 4.76. The van der Waals surface area contributed by atoms with Crippen molar-refractivity contribution in [3.8, 4) is 6.07 Å². The lowest BCUT2D eigenvalue weighted by Gasteiger charge is -2.08. The van der Waals surface area contributed by atoms with Crippen molar-refractivity contribution in [3.63, 3.8) is 0 Å². The van der Waals surface area contributed by atoms with Gasteiger partial charge in [0.1, 0.15) is 5.82 Å². The maximum absolute atomic E-state index is 8.92. The van der Waals surface area contributed by atoms with Crippen LogP contribution in [0.2, 0.25) is 0 Å². The van der Waals surface area contributed by atoms with Crippen molar-refractivity contribution < 1.29 is 0 Å². The molecule has 1 aliphatic rings. The summed E-state index contributed by atoms with van der Waals surface area (Å²) in [6.45, 7) is 3.10. The van der Waals surface area contributed by atoms with E-state index >= 15 is 0 Å². The lowest BCUT2D eigenvalue weighted by molar-refractivity contribution is 0.591. The van der Waals surface area contributed by atoms with Crippen LogP contribution in [0.1, 0.15) is 41.8 Å². The molecule has 0 amide bonds. The van der Waals surface area contributed by atoms with Crippen LogP contribution in [0.15, 0.2) is 23.4 Å². The minimum absolute atomic E-state index is 0.720. The Hall–Kier alpha value is -1.80. The number of nitrogens with zero attached hydrogens (tertiary/aromatic N) is 4. The molecule has 0 unspecified atom stereocenters. The summed E-state index contributed by atoms with van der Waals surface area (Å²) in [5.74, 6) is 2.00. The number of aromatic nitrogens is 3. The largest absolute Gasteiger partial charge is 0.306 e. The third-order valence-corrected chi connectivity index (χ3v) is 4.92. The van der Waals surface area contributed by atoms with Crippen LogP contribution < -0.4 is 0 Å². The molecule has 3 rings (SSSR count). The first kappa shape index (κ1) is 14.2. The Labute approximate surface area is 129 Å². The number of nitriles is 1. The topological polar surface area (TPSA) is 54.5 Å². The molecule has 21 heavy (non-hydrogen) atoms. The Morgan fingerprint density at radius 3 is 3.00 bits per heavy atom. The third kappa shape index (κ3) is 3.11. The van der Waals surface area contributed by atoms with Crippen molar-refractivity contribution in [3.05, 3.63) is 40.7 Å². The predicted molar refractivity (Wildman–Crippen MR) is 83.0 cm³/mol. The maximum Gasteiger partial charge on any atom is 0.191 e. The van der Waals surface area contributed by atoms with Crippen molar-refractivity contribution in [1.29, 1.82) is 5.26 Å². The average molecular weight is 298 g/mol. The molecule has 0 saturated carbocycles. The van der Waals surface area contributed by atoms with E-state index in [2.05, 4.69) is 27.8 Å². The predicted octanol–water partition coefficient (Wildman–Crippen LogP) is 3.48. The number of hydrogen-bond donors (Lipinski definition) is 0. The van der Waals surface area contributed by atoms with Crippen LogP contribution in [0.25, 0.3) is 0 Å². The Morgan fingerprint density at radius 2 is 2.19 bits per heavy atom. The molecule has 0 fully saturated rings. The Bertz CT molecular complexity index is 684. The molecule has 1 aromatic heterocycles. The Balaban J connectivity index is 1.74. The molecule has 4 nitrogen and oxygen atoms in total. The monoisotopic (exact) mass is 298 g/mol. The minimum atomic E-state index is 0.720. The molecule has 0 aliphatic carbocycles. The van der Waals surface area contributed by atoms with Gasteiger partial charge in [-0.15, -0.1) is 10.2 Å². The fourth-order valence-corrected chi connectivity index (χ4v) is 3.69. The van der Waals surface area contributed by atoms with E-state index in [-0.39, 0.29) is 0 Å². The van der Waals surface area contributed by atoms with Crippen LogP contribution in [0, 0.1) is 18.3 Å². The molecule has 0 spiro atoms. The second-order valence-electron chi connectivity index (χ2n) is 5.40. The molecule has 0 N–H and O–H groups in total. The number of aryl methyl sites for hydroxylation is 2. The van der Waals surface area contributed by atoms with Gasteiger partial charge < -0.3 is 4.57 Å². The van der Waals surface area contributed by atoms with Gasteiger partial charge in [-0.25, -0.2) is 0 Å². The molecule has 108 valence electrons. The molecule has 2 aromatic rings. The van der Waals surface area contributed by atoms with Gasteiger partial charge in [-0.2, -0.15) is 5.26 Å². The van der Waals surface area contributed by atoms with Gasteiger partial charge in [0.2, 0.25) is 0 Å². The van der Waals surface area contributed by atoms with Crippen molar-refractivity contribution in [1.82, 2.24) is 14.8 Å². The van der Waals surface area contributed by atoms with Gasteiger partial charge in [0.15, 0.2) is 5.16 Å². The number of benzene rings is 1. The molecule has 5 heteroatoms. The Kier molecular flexibility index (Phi) is 4.26. The van der Waals surface area contributed by atoms with Gasteiger partial charge in [0.05, 0.1) is 11.6 Å². The van der Waals surface area contributed by atoms with Gasteiger partial charge in [0, 0.05) is 18.7 Å². The number of rotatable bonds is 3. The van der Waals surface area contributed by atoms with Crippen molar-refractivity contribution >= 4 is 11.8 Å². The Morgan fingerprint density at radius 1 is 1.29 bits per heavy atom. The second-order valence-corrected chi connectivity index (χ2v) is 6.35. The lowest BCUT2D eigenvalue weighted by Crippen LogP contribution is -2.02. The molecular formula is C16H18N4S. The lowest BCUT2D eigenvalue weighted by atomic mass is 10.1. The molecule has 0 radical (unpaired) electrons. The van der Waals surface area contributed by atoms with E-state index in [0.29, 0.717) is 0 Å². The first-order valence-corrected chi connectivity index (χ1v) is 8.31. The van der Waals surface area contributed by atoms with Crippen LogP contribution in [0.5, 0.6) is 0 Å². The summed E-state index contributed by atoms with van der Waals surface area (Å²) >= 11 is 1.74. The first-order chi connectivity index (χ1) is 10.3. The first-order valence-electron chi connectivity index (χ1n) is 7.32. The summed E-state index contributed by atoms with van der Waals surface area (Å²) in [5, 5.41) is 18.6. The summed E-state index contributed by atoms with van der Waals surface area (Å²) < 4.78 is 2.27. The van der Waals surface area contributed by atoms with Crippen LogP contribution in [0.3, 0.4) is 0 Å². The highest BCUT2D eigenvalue weighted by Gasteiger charge is 2.15. The van der Waals surface area contributed by atoms with Crippen LogP contribution in [-0.2, 0) is 18.7 Å². The number of fused-ring (bicyclic) bond motifs is 1. The van der Waals surface area contributed by atoms with Gasteiger partial charge in [-0.05, 0) is 43.0 Å². The number of hydrogen-bond acceptors (Lipinski definition) is 4. The molecule has 1 aromatic carbocycles. The molecule has 2 heterocycles. The highest BCUT2D eigenvalue weighted by atomic mass is 32.2. The van der Waals surface area contributed by atoms with Gasteiger partial charge in [-0.1, -0.05) is 24.2 Å². The summed E-state index contributed by atoms with van der Waals surface area (Å²) in [4.78, 5) is 0. The van der Waals surface area contributed by atoms with Gasteiger partial charge in [0.25, 0.3) is 0 Å². The SMILES string of the molecule is Cc1cc(C#N)ccc1CSc1nnc2n1CCCCC2. The standard InChI is InChI=1S/C16H18N4S/c1-12-9-13(10-17)6-7-14(12)11-21-16-19-18-15-5-3-2-4-8-20(15)16/h6-7,9H,2-5,8,11H2,1H3. The van der Waals surface area contributed by atoms with Crippen molar-refractivity contribution in [2.45, 2.75) is 50.1 Å². The fourth-order valence-electron chi connectivity index (χ4n) is 2.63. The quantitative estimate of drug-likeness (QED) is 0.814. The van der Waals surface area contributed by atoms with Crippen LogP contribution in [-0.4, -0.2) is 14.8 Å². The van der Waals surface area contributed by atoms with Crippen LogP contribution >= 0.6 is 11.8 Å². The van der Waals surface area contributed by atoms with E-state index in [4.69, 9.17) is 5.26 Å². The summed E-state index contributed by atoms with van der Waals surface area (Å²) in [7, 11) is 0. The highest BCUT2D eigenvalue weighted by molar-refractivity contribution is 7.98. The van der Waals surface area contributed by atoms with E-state index in [1.165, 1.54) is 24.8 Å². The molecule has 0 bridgehead atoms. The molecular weight excluding hydrogens is 280 g/mol. The fraction of sp³-hybridized carbons (Fsp3) is 0.438. The normalized spacial score (nSPS) is 14.3. The smallest absolute Gasteiger partial charge is 0.191 e. The van der Waals surface area contributed by atoms with Crippen molar-refractivity contribution in [2.75, 3.05) is 0 Å². The average Bonchev–Trinajstić information content (AvgIpc) is 2.73. The summed E-state index contributed by atoms with van der Waals surface area (Å²) in [6, 6.07) is 8.05. The minimum Gasteiger partial charge on any atom is -0.306 e. The highest BCUT2D eigenvalue weighted by Crippen LogP contribution is 2.26. The third-order valence-electron chi connectivity index (χ3n) is 3.90. The zero-order valence-electron chi connectivity index (χ0n) is 12.2. The zero-order chi connectivity index (χ0) is 14.7. The van der Waals surface area contributed by atoms with E-state index in [1.54, 1.807) is 11.8 Å². The van der Waals surface area contributed by atoms with Gasteiger partial charge >= 0.3 is 0 Å². The summed E-state index contributed by atoms with van der Waals surface area (Å²) in [5.41, 5.74) is 3.14. The van der Waals surface area contributed by atoms with E-state index in [9.17, 15) is 0 Å². The zero-order valence-corrected chi connectivity index (χ0v) is 13.0. The molecule has 0 saturated heterocycles. The number of thioether (sulfide) groups is 1. The second kappa shape index (κ2) is 6.31. The van der Waals surface area contributed by atoms with E-state index < -0.39 is 0 Å².